The first-order chi connectivity index (χ1) is 25.0. The first-order valence-corrected chi connectivity index (χ1v) is 18.6. The topological polar surface area (TPSA) is 103 Å². The fourth-order valence-corrected chi connectivity index (χ4v) is 8.93. The number of rotatable bonds is 11. The number of nitrogens with one attached hydrogen (secondary N) is 2. The zero-order valence-corrected chi connectivity index (χ0v) is 30.1. The van der Waals surface area contributed by atoms with Crippen molar-refractivity contribution in [3.8, 4) is 11.5 Å². The smallest absolute Gasteiger partial charge is 0.312 e. The van der Waals surface area contributed by atoms with Crippen molar-refractivity contribution in [2.24, 2.45) is 28.6 Å². The molecule has 4 atom stereocenters. The lowest BCUT2D eigenvalue weighted by Gasteiger charge is -2.39. The van der Waals surface area contributed by atoms with E-state index < -0.39 is 29.1 Å². The van der Waals surface area contributed by atoms with Crippen LogP contribution in [-0.4, -0.2) is 43.6 Å². The third-order valence-electron chi connectivity index (χ3n) is 12.4. The molecule has 0 saturated heterocycles. The van der Waals surface area contributed by atoms with Crippen LogP contribution in [0.4, 0.5) is 8.78 Å². The van der Waals surface area contributed by atoms with Crippen molar-refractivity contribution in [1.29, 1.82) is 0 Å². The lowest BCUT2D eigenvalue weighted by Crippen LogP contribution is -2.52. The number of fused-ring (bicyclic) bond motifs is 3. The maximum Gasteiger partial charge on any atom is 0.312 e. The molecular formula is C42H48F2N2O6. The summed E-state index contributed by atoms with van der Waals surface area (Å²) in [6.07, 6.45) is 6.56. The third kappa shape index (κ3) is 7.00. The molecule has 0 heterocycles. The highest BCUT2D eigenvalue weighted by Gasteiger charge is 2.54. The van der Waals surface area contributed by atoms with E-state index in [-0.39, 0.29) is 58.9 Å². The van der Waals surface area contributed by atoms with Crippen molar-refractivity contribution in [1.82, 2.24) is 10.6 Å². The van der Waals surface area contributed by atoms with Gasteiger partial charge in [-0.1, -0.05) is 55.8 Å². The number of carbonyl (C=O) groups is 3. The Morgan fingerprint density at radius 2 is 1.73 bits per heavy atom. The molecule has 4 aliphatic rings. The number of carbonyl (C=O) groups excluding carboxylic acids is 3. The SMILES string of the molecule is COc1cc(F)c(OC2CCC(C)(C(=O)OCc3cccc4ccccc34)CC2)cc1C(=O)N[C@@H]1[C@H]2CC(=CF)[C@H](C2)[C@@H]1C(=O)NCC1(C)CCC1. The zero-order chi connectivity index (χ0) is 36.6. The number of allylic oxidation sites excluding steroid dienone is 1. The molecule has 0 spiro atoms. The Morgan fingerprint density at radius 3 is 2.44 bits per heavy atom. The molecule has 2 amide bonds. The van der Waals surface area contributed by atoms with Crippen molar-refractivity contribution >= 4 is 28.6 Å². The van der Waals surface area contributed by atoms with Crippen LogP contribution in [-0.2, 0) is 20.9 Å². The van der Waals surface area contributed by atoms with Crippen LogP contribution in [0.5, 0.6) is 11.5 Å². The van der Waals surface area contributed by atoms with Gasteiger partial charge in [0.25, 0.3) is 5.91 Å². The van der Waals surface area contributed by atoms with Crippen LogP contribution in [0.1, 0.15) is 87.6 Å². The molecule has 4 saturated carbocycles. The van der Waals surface area contributed by atoms with E-state index in [2.05, 4.69) is 17.6 Å². The number of halogens is 2. The van der Waals surface area contributed by atoms with Gasteiger partial charge in [-0.3, -0.25) is 14.4 Å². The number of methoxy groups -OCH3 is 1. The molecule has 52 heavy (non-hydrogen) atoms. The van der Waals surface area contributed by atoms with Crippen molar-refractivity contribution < 1.29 is 37.4 Å². The summed E-state index contributed by atoms with van der Waals surface area (Å²) in [5.74, 6) is -2.66. The quantitative estimate of drug-likeness (QED) is 0.196. The zero-order valence-electron chi connectivity index (χ0n) is 30.1. The third-order valence-corrected chi connectivity index (χ3v) is 12.4. The monoisotopic (exact) mass is 714 g/mol. The standard InChI is InChI=1S/C42H48F2N2O6/c1-41(14-7-15-41)24-45-39(48)36-31-19-27(18-28(31)22-43)37(36)46-38(47)32-20-35(33(44)21-34(32)50-3)52-29-12-16-42(2,17-13-29)40(49)51-23-26-10-6-9-25-8-4-5-11-30(25)26/h4-6,8-11,20-22,27,29,31,36-37H,7,12-19,23-24H2,1-3H3,(H,45,48)(H,46,47)/t27-,29?,31-,36-,37+,42?/m0/s1. The van der Waals surface area contributed by atoms with Gasteiger partial charge < -0.3 is 24.8 Å². The molecule has 0 radical (unpaired) electrons. The van der Waals surface area contributed by atoms with Crippen LogP contribution < -0.4 is 20.1 Å². The Labute approximate surface area is 303 Å². The summed E-state index contributed by atoms with van der Waals surface area (Å²) in [6, 6.07) is 15.9. The van der Waals surface area contributed by atoms with Gasteiger partial charge in [-0.2, -0.15) is 0 Å². The average molecular weight is 715 g/mol. The summed E-state index contributed by atoms with van der Waals surface area (Å²) >= 11 is 0. The van der Waals surface area contributed by atoms with E-state index in [4.69, 9.17) is 14.2 Å². The Bertz CT molecular complexity index is 1880. The molecule has 0 aromatic heterocycles. The minimum Gasteiger partial charge on any atom is -0.496 e. The highest BCUT2D eigenvalue weighted by Crippen LogP contribution is 2.52. The van der Waals surface area contributed by atoms with Crippen molar-refractivity contribution in [2.45, 2.75) is 90.4 Å². The summed E-state index contributed by atoms with van der Waals surface area (Å²) in [4.78, 5) is 40.7. The van der Waals surface area contributed by atoms with E-state index in [0.29, 0.717) is 57.0 Å². The fraction of sp³-hybridized carbons (Fsp3) is 0.500. The second-order valence-corrected chi connectivity index (χ2v) is 16.0. The second kappa shape index (κ2) is 14.5. The highest BCUT2D eigenvalue weighted by atomic mass is 19.1. The molecule has 8 nitrogen and oxygen atoms in total. The molecule has 0 unspecified atom stereocenters. The molecule has 3 aromatic rings. The maximum atomic E-state index is 15.4. The molecular weight excluding hydrogens is 666 g/mol. The van der Waals surface area contributed by atoms with Gasteiger partial charge in [0.15, 0.2) is 11.6 Å². The van der Waals surface area contributed by atoms with Crippen molar-refractivity contribution in [3.63, 3.8) is 0 Å². The van der Waals surface area contributed by atoms with E-state index in [1.807, 2.05) is 49.4 Å². The number of amides is 2. The van der Waals surface area contributed by atoms with Crippen LogP contribution in [0, 0.1) is 34.4 Å². The number of hydrogen-bond acceptors (Lipinski definition) is 6. The van der Waals surface area contributed by atoms with Gasteiger partial charge in [0.1, 0.15) is 12.4 Å². The fourth-order valence-electron chi connectivity index (χ4n) is 8.93. The van der Waals surface area contributed by atoms with Gasteiger partial charge in [0.05, 0.1) is 36.4 Å². The van der Waals surface area contributed by atoms with Crippen LogP contribution >= 0.6 is 0 Å². The average Bonchev–Trinajstić information content (AvgIpc) is 3.72. The van der Waals surface area contributed by atoms with Crippen LogP contribution in [0.2, 0.25) is 0 Å². The van der Waals surface area contributed by atoms with Gasteiger partial charge in [0, 0.05) is 18.7 Å². The predicted molar refractivity (Wildman–Crippen MR) is 193 cm³/mol. The van der Waals surface area contributed by atoms with Crippen LogP contribution in [0.3, 0.4) is 0 Å². The molecule has 7 rings (SSSR count). The highest BCUT2D eigenvalue weighted by molar-refractivity contribution is 5.98. The molecule has 10 heteroatoms. The van der Waals surface area contributed by atoms with Crippen molar-refractivity contribution in [3.05, 3.63) is 83.4 Å². The van der Waals surface area contributed by atoms with Gasteiger partial charge in [-0.15, -0.1) is 0 Å². The second-order valence-electron chi connectivity index (χ2n) is 16.0. The minimum absolute atomic E-state index is 0.0407. The Morgan fingerprint density at radius 1 is 0.981 bits per heavy atom. The van der Waals surface area contributed by atoms with E-state index in [0.717, 1.165) is 41.7 Å². The largest absolute Gasteiger partial charge is 0.496 e. The number of hydrogen-bond donors (Lipinski definition) is 2. The van der Waals surface area contributed by atoms with E-state index in [1.165, 1.54) is 13.2 Å². The molecule has 276 valence electrons. The number of benzene rings is 3. The molecule has 0 aliphatic heterocycles. The van der Waals surface area contributed by atoms with E-state index in [1.54, 1.807) is 0 Å². The summed E-state index contributed by atoms with van der Waals surface area (Å²) in [7, 11) is 1.36. The Hall–Kier alpha value is -4.47. The summed E-state index contributed by atoms with van der Waals surface area (Å²) < 4.78 is 46.6. The van der Waals surface area contributed by atoms with Gasteiger partial charge in [0.2, 0.25) is 5.91 Å². The maximum absolute atomic E-state index is 15.4. The summed E-state index contributed by atoms with van der Waals surface area (Å²) in [5, 5.41) is 8.28. The van der Waals surface area contributed by atoms with E-state index in [9.17, 15) is 18.8 Å². The molecule has 4 fully saturated rings. The Kier molecular flexibility index (Phi) is 10.0. The van der Waals surface area contributed by atoms with Crippen LogP contribution in [0.25, 0.3) is 10.8 Å². The van der Waals surface area contributed by atoms with Gasteiger partial charge in [-0.05, 0) is 104 Å². The van der Waals surface area contributed by atoms with Crippen molar-refractivity contribution in [2.75, 3.05) is 13.7 Å². The molecule has 2 bridgehead atoms. The lowest BCUT2D eigenvalue weighted by atomic mass is 9.70. The van der Waals surface area contributed by atoms with Gasteiger partial charge in [-0.25, -0.2) is 8.78 Å². The summed E-state index contributed by atoms with van der Waals surface area (Å²) in [6.45, 7) is 4.78. The lowest BCUT2D eigenvalue weighted by molar-refractivity contribution is -0.159. The summed E-state index contributed by atoms with van der Waals surface area (Å²) in [5.41, 5.74) is 1.01. The first kappa shape index (κ1) is 35.9. The normalized spacial score (nSPS) is 28.2. The molecule has 2 N–H and O–H groups in total. The molecule has 4 aliphatic carbocycles. The number of ether oxygens (including phenoxy) is 3. The minimum atomic E-state index is -0.704. The van der Waals surface area contributed by atoms with Gasteiger partial charge >= 0.3 is 5.97 Å². The molecule has 3 aromatic carbocycles. The van der Waals surface area contributed by atoms with Crippen LogP contribution in [0.15, 0.2) is 66.5 Å². The Balaban J connectivity index is 0.993. The van der Waals surface area contributed by atoms with E-state index >= 15 is 4.39 Å². The number of esters is 1. The predicted octanol–water partition coefficient (Wildman–Crippen LogP) is 7.97. The first-order valence-electron chi connectivity index (χ1n) is 18.6.